The van der Waals surface area contributed by atoms with Crippen molar-refractivity contribution in [1.29, 1.82) is 0 Å². The Balaban J connectivity index is 1.46. The molecule has 3 aliphatic rings. The third kappa shape index (κ3) is 3.50. The first kappa shape index (κ1) is 20.5. The van der Waals surface area contributed by atoms with Crippen LogP contribution in [-0.4, -0.2) is 22.1 Å². The molecule has 0 spiro atoms. The number of nitrogens with zero attached hydrogens (tertiary/aromatic N) is 1. The molecule has 32 heavy (non-hydrogen) atoms. The number of hydrazone groups is 1. The lowest BCUT2D eigenvalue weighted by molar-refractivity contribution is -0.117. The van der Waals surface area contributed by atoms with E-state index in [1.807, 2.05) is 54.6 Å². The molecular formula is C24H22BrN5O2. The molecular weight excluding hydrogens is 470 g/mol. The van der Waals surface area contributed by atoms with Gasteiger partial charge in [-0.05, 0) is 64.7 Å². The summed E-state index contributed by atoms with van der Waals surface area (Å²) in [4.78, 5) is 25.6. The first-order valence-electron chi connectivity index (χ1n) is 10.4. The highest BCUT2D eigenvalue weighted by Gasteiger charge is 2.38. The van der Waals surface area contributed by atoms with Crippen molar-refractivity contribution in [3.8, 4) is 0 Å². The highest BCUT2D eigenvalue weighted by atomic mass is 79.9. The van der Waals surface area contributed by atoms with E-state index in [4.69, 9.17) is 0 Å². The van der Waals surface area contributed by atoms with Crippen LogP contribution in [0.4, 0.5) is 4.79 Å². The molecule has 0 aromatic heterocycles. The van der Waals surface area contributed by atoms with Crippen LogP contribution in [0.5, 0.6) is 0 Å². The highest BCUT2D eigenvalue weighted by molar-refractivity contribution is 9.18. The van der Waals surface area contributed by atoms with Crippen molar-refractivity contribution in [2.75, 3.05) is 0 Å². The summed E-state index contributed by atoms with van der Waals surface area (Å²) in [7, 11) is 0. The van der Waals surface area contributed by atoms with Crippen LogP contribution in [-0.2, 0) is 4.79 Å². The highest BCUT2D eigenvalue weighted by Crippen LogP contribution is 2.34. The average Bonchev–Trinajstić information content (AvgIpc) is 3.07. The van der Waals surface area contributed by atoms with Crippen molar-refractivity contribution in [3.05, 3.63) is 82.7 Å². The van der Waals surface area contributed by atoms with Gasteiger partial charge in [-0.25, -0.2) is 4.79 Å². The predicted octanol–water partition coefficient (Wildman–Crippen LogP) is 3.87. The first-order chi connectivity index (χ1) is 15.3. The van der Waals surface area contributed by atoms with Gasteiger partial charge < -0.3 is 16.0 Å². The molecule has 2 heterocycles. The summed E-state index contributed by atoms with van der Waals surface area (Å²) in [5.41, 5.74) is 6.39. The number of carbonyl (C=O) groups excluding carboxylic acids is 2. The van der Waals surface area contributed by atoms with Gasteiger partial charge in [-0.15, -0.1) is 0 Å². The summed E-state index contributed by atoms with van der Waals surface area (Å²) in [5, 5.41) is 15.1. The number of carbonyl (C=O) groups is 2. The molecule has 2 aromatic carbocycles. The van der Waals surface area contributed by atoms with Gasteiger partial charge in [0.2, 0.25) is 0 Å². The minimum atomic E-state index is -0.558. The van der Waals surface area contributed by atoms with Crippen molar-refractivity contribution in [1.82, 2.24) is 21.4 Å². The number of halogens is 1. The Morgan fingerprint density at radius 1 is 1.22 bits per heavy atom. The number of amides is 3. The number of allylic oxidation sites excluding steroid dienone is 2. The summed E-state index contributed by atoms with van der Waals surface area (Å²) >= 11 is 3.47. The second-order valence-electron chi connectivity index (χ2n) is 8.40. The lowest BCUT2D eigenvalue weighted by Gasteiger charge is -2.30. The van der Waals surface area contributed by atoms with Crippen LogP contribution in [0.2, 0.25) is 0 Å². The molecule has 8 heteroatoms. The standard InChI is InChI=1S/C24H22BrN5O2/c1-13-19(22(31)27-17-9-10-24(2)18(12-17)21(25)29-30-24)20(28-23(32)26-13)16-8-7-14-5-3-4-6-15(14)11-16/h3-9,11-12,20,30H,10H2,1-2H3,(H,27,31)(H2,26,28,32). The maximum atomic E-state index is 13.4. The van der Waals surface area contributed by atoms with Gasteiger partial charge in [0.1, 0.15) is 4.62 Å². The molecule has 4 N–H and O–H groups in total. The maximum Gasteiger partial charge on any atom is 0.319 e. The third-order valence-corrected chi connectivity index (χ3v) is 6.73. The van der Waals surface area contributed by atoms with Crippen LogP contribution >= 0.6 is 15.9 Å². The van der Waals surface area contributed by atoms with Crippen LogP contribution in [0.3, 0.4) is 0 Å². The van der Waals surface area contributed by atoms with Gasteiger partial charge in [0, 0.05) is 17.0 Å². The molecule has 0 fully saturated rings. The lowest BCUT2D eigenvalue weighted by atomic mass is 9.86. The zero-order valence-corrected chi connectivity index (χ0v) is 19.2. The number of benzene rings is 2. The van der Waals surface area contributed by atoms with Gasteiger partial charge in [0.25, 0.3) is 5.91 Å². The minimum absolute atomic E-state index is 0.265. The fourth-order valence-corrected chi connectivity index (χ4v) is 4.98. The minimum Gasteiger partial charge on any atom is -0.327 e. The lowest BCUT2D eigenvalue weighted by Crippen LogP contribution is -2.47. The van der Waals surface area contributed by atoms with Crippen molar-refractivity contribution in [2.24, 2.45) is 5.10 Å². The SMILES string of the molecule is CC1=C(C(=O)NC2=CCC3(C)NN=C(Br)C3=C2)C(c2ccc3ccccc3c2)NC(=O)N1. The Morgan fingerprint density at radius 2 is 2.00 bits per heavy atom. The van der Waals surface area contributed by atoms with Crippen molar-refractivity contribution >= 4 is 43.3 Å². The monoisotopic (exact) mass is 491 g/mol. The Bertz CT molecular complexity index is 1290. The Kier molecular flexibility index (Phi) is 4.89. The molecule has 2 aliphatic heterocycles. The van der Waals surface area contributed by atoms with E-state index in [1.54, 1.807) is 6.92 Å². The number of urea groups is 1. The molecule has 0 radical (unpaired) electrons. The van der Waals surface area contributed by atoms with E-state index >= 15 is 0 Å². The summed E-state index contributed by atoms with van der Waals surface area (Å²) in [6, 6.07) is 13.1. The van der Waals surface area contributed by atoms with E-state index in [-0.39, 0.29) is 17.5 Å². The van der Waals surface area contributed by atoms with Crippen molar-refractivity contribution in [2.45, 2.75) is 31.8 Å². The second kappa shape index (κ2) is 7.63. The summed E-state index contributed by atoms with van der Waals surface area (Å²) in [6.45, 7) is 3.81. The van der Waals surface area contributed by atoms with E-state index in [1.165, 1.54) is 0 Å². The largest absolute Gasteiger partial charge is 0.327 e. The number of nitrogens with one attached hydrogen (secondary N) is 4. The van der Waals surface area contributed by atoms with Gasteiger partial charge in [-0.1, -0.05) is 42.5 Å². The van der Waals surface area contributed by atoms with Crippen molar-refractivity contribution in [3.63, 3.8) is 0 Å². The van der Waals surface area contributed by atoms with Gasteiger partial charge in [-0.3, -0.25) is 10.2 Å². The van der Waals surface area contributed by atoms with Gasteiger partial charge in [-0.2, -0.15) is 5.10 Å². The third-order valence-electron chi connectivity index (χ3n) is 6.13. The van der Waals surface area contributed by atoms with E-state index < -0.39 is 6.04 Å². The molecule has 1 aliphatic carbocycles. The van der Waals surface area contributed by atoms with Gasteiger partial charge in [0.15, 0.2) is 0 Å². The average molecular weight is 492 g/mol. The van der Waals surface area contributed by atoms with Crippen LogP contribution in [0.25, 0.3) is 10.8 Å². The van der Waals surface area contributed by atoms with Crippen LogP contribution in [0.1, 0.15) is 31.9 Å². The van der Waals surface area contributed by atoms with Gasteiger partial charge in [0.05, 0.1) is 17.2 Å². The Labute approximate surface area is 193 Å². The van der Waals surface area contributed by atoms with E-state index in [9.17, 15) is 9.59 Å². The molecule has 2 unspecified atom stereocenters. The fraction of sp³-hybridized carbons (Fsp3) is 0.208. The number of rotatable bonds is 3. The van der Waals surface area contributed by atoms with Crippen LogP contribution < -0.4 is 21.4 Å². The zero-order chi connectivity index (χ0) is 22.5. The predicted molar refractivity (Wildman–Crippen MR) is 128 cm³/mol. The molecule has 2 aromatic rings. The Morgan fingerprint density at radius 3 is 2.81 bits per heavy atom. The molecule has 0 saturated carbocycles. The van der Waals surface area contributed by atoms with Gasteiger partial charge >= 0.3 is 6.03 Å². The maximum absolute atomic E-state index is 13.4. The summed E-state index contributed by atoms with van der Waals surface area (Å²) in [6.07, 6.45) is 4.59. The number of hydrogen-bond acceptors (Lipinski definition) is 4. The van der Waals surface area contributed by atoms with E-state index in [0.29, 0.717) is 23.4 Å². The number of fused-ring (bicyclic) bond motifs is 2. The zero-order valence-electron chi connectivity index (χ0n) is 17.6. The summed E-state index contributed by atoms with van der Waals surface area (Å²) in [5.74, 6) is -0.265. The van der Waals surface area contributed by atoms with Crippen LogP contribution in [0.15, 0.2) is 82.3 Å². The fourth-order valence-electron chi connectivity index (χ4n) is 4.34. The van der Waals surface area contributed by atoms with Crippen LogP contribution in [0, 0.1) is 0 Å². The molecule has 5 rings (SSSR count). The molecule has 0 saturated heterocycles. The quantitative estimate of drug-likeness (QED) is 0.524. The van der Waals surface area contributed by atoms with E-state index in [0.717, 1.165) is 26.5 Å². The first-order valence-corrected chi connectivity index (χ1v) is 11.1. The smallest absolute Gasteiger partial charge is 0.319 e. The molecule has 2 atom stereocenters. The van der Waals surface area contributed by atoms with Crippen molar-refractivity contribution < 1.29 is 9.59 Å². The molecule has 3 amide bonds. The second-order valence-corrected chi connectivity index (χ2v) is 9.15. The summed E-state index contributed by atoms with van der Waals surface area (Å²) < 4.78 is 0.732. The molecule has 7 nitrogen and oxygen atoms in total. The topological polar surface area (TPSA) is 94.6 Å². The van der Waals surface area contributed by atoms with E-state index in [2.05, 4.69) is 49.3 Å². The Hall–Kier alpha value is -3.39. The molecule has 162 valence electrons. The normalized spacial score (nSPS) is 24.5. The number of hydrogen-bond donors (Lipinski definition) is 4. The molecule has 0 bridgehead atoms.